The monoisotopic (exact) mass is 196 g/mol. The Balaban J connectivity index is 1.74. The first kappa shape index (κ1) is 10.4. The molecule has 2 saturated heterocycles. The zero-order chi connectivity index (χ0) is 9.97. The standard InChI is InChI=1S/C12H24N2/c1-3-5-11-8-14(9-11)12-6-4-7-13-10(12)2/h10-13H,3-9H2,1-2H3/t10-,12-/m1/s1. The van der Waals surface area contributed by atoms with E-state index in [1.165, 1.54) is 45.3 Å². The van der Waals surface area contributed by atoms with E-state index in [9.17, 15) is 0 Å². The van der Waals surface area contributed by atoms with Gasteiger partial charge in [0.2, 0.25) is 0 Å². The minimum Gasteiger partial charge on any atom is -0.313 e. The zero-order valence-corrected chi connectivity index (χ0v) is 9.63. The number of hydrogen-bond acceptors (Lipinski definition) is 2. The molecule has 0 radical (unpaired) electrons. The molecule has 0 saturated carbocycles. The maximum absolute atomic E-state index is 3.59. The summed E-state index contributed by atoms with van der Waals surface area (Å²) in [6.45, 7) is 8.60. The number of rotatable bonds is 3. The van der Waals surface area contributed by atoms with Gasteiger partial charge in [-0.15, -0.1) is 0 Å². The van der Waals surface area contributed by atoms with Crippen molar-refractivity contribution in [1.29, 1.82) is 0 Å². The molecule has 0 amide bonds. The van der Waals surface area contributed by atoms with Crippen molar-refractivity contribution in [3.8, 4) is 0 Å². The number of likely N-dealkylation sites (tertiary alicyclic amines) is 1. The first-order valence-electron chi connectivity index (χ1n) is 6.28. The highest BCUT2D eigenvalue weighted by atomic mass is 15.2. The summed E-state index contributed by atoms with van der Waals surface area (Å²) in [4.78, 5) is 2.69. The molecule has 2 heterocycles. The lowest BCUT2D eigenvalue weighted by molar-refractivity contribution is 0.0203. The molecule has 1 N–H and O–H groups in total. The molecular weight excluding hydrogens is 172 g/mol. The third-order valence-electron chi connectivity index (χ3n) is 3.87. The summed E-state index contributed by atoms with van der Waals surface area (Å²) in [5.74, 6) is 1.01. The molecule has 0 aliphatic carbocycles. The minimum atomic E-state index is 0.714. The number of nitrogens with one attached hydrogen (secondary N) is 1. The first-order chi connectivity index (χ1) is 6.81. The average molecular weight is 196 g/mol. The van der Waals surface area contributed by atoms with Crippen LogP contribution in [0.3, 0.4) is 0 Å². The summed E-state index contributed by atoms with van der Waals surface area (Å²) in [6, 6.07) is 1.54. The third-order valence-corrected chi connectivity index (χ3v) is 3.87. The Kier molecular flexibility index (Phi) is 3.45. The fourth-order valence-corrected chi connectivity index (χ4v) is 3.00. The second-order valence-electron chi connectivity index (χ2n) is 5.06. The van der Waals surface area contributed by atoms with E-state index in [1.54, 1.807) is 0 Å². The molecule has 0 aromatic carbocycles. The minimum absolute atomic E-state index is 0.714. The van der Waals surface area contributed by atoms with Crippen LogP contribution in [-0.4, -0.2) is 36.6 Å². The van der Waals surface area contributed by atoms with Crippen LogP contribution in [0, 0.1) is 5.92 Å². The van der Waals surface area contributed by atoms with E-state index >= 15 is 0 Å². The second-order valence-corrected chi connectivity index (χ2v) is 5.06. The number of hydrogen-bond donors (Lipinski definition) is 1. The van der Waals surface area contributed by atoms with Crippen LogP contribution < -0.4 is 5.32 Å². The highest BCUT2D eigenvalue weighted by Crippen LogP contribution is 2.27. The average Bonchev–Trinajstić information content (AvgIpc) is 2.12. The quantitative estimate of drug-likeness (QED) is 0.741. The highest BCUT2D eigenvalue weighted by Gasteiger charge is 2.34. The van der Waals surface area contributed by atoms with Crippen LogP contribution in [0.4, 0.5) is 0 Å². The molecular formula is C12H24N2. The number of piperidine rings is 1. The van der Waals surface area contributed by atoms with E-state index in [0.717, 1.165) is 12.0 Å². The van der Waals surface area contributed by atoms with Gasteiger partial charge >= 0.3 is 0 Å². The summed E-state index contributed by atoms with van der Waals surface area (Å²) in [5.41, 5.74) is 0. The van der Waals surface area contributed by atoms with Gasteiger partial charge in [-0.05, 0) is 38.6 Å². The Hall–Kier alpha value is -0.0800. The molecule has 0 unspecified atom stereocenters. The zero-order valence-electron chi connectivity index (χ0n) is 9.63. The summed E-state index contributed by atoms with van der Waals surface area (Å²) >= 11 is 0. The van der Waals surface area contributed by atoms with Gasteiger partial charge < -0.3 is 5.32 Å². The molecule has 2 heteroatoms. The molecule has 0 bridgehead atoms. The van der Waals surface area contributed by atoms with Crippen molar-refractivity contribution < 1.29 is 0 Å². The highest BCUT2D eigenvalue weighted by molar-refractivity contribution is 4.92. The van der Waals surface area contributed by atoms with Crippen LogP contribution in [0.15, 0.2) is 0 Å². The van der Waals surface area contributed by atoms with Crippen LogP contribution in [0.2, 0.25) is 0 Å². The predicted molar refractivity (Wildman–Crippen MR) is 60.5 cm³/mol. The van der Waals surface area contributed by atoms with Crippen LogP contribution >= 0.6 is 0 Å². The van der Waals surface area contributed by atoms with Gasteiger partial charge in [-0.25, -0.2) is 0 Å². The SMILES string of the molecule is CCCC1CN([C@@H]2CCCN[C@@H]2C)C1. The Labute approximate surface area is 88.1 Å². The van der Waals surface area contributed by atoms with E-state index in [4.69, 9.17) is 0 Å². The summed E-state index contributed by atoms with van der Waals surface area (Å²) in [5, 5.41) is 3.59. The van der Waals surface area contributed by atoms with E-state index < -0.39 is 0 Å². The maximum atomic E-state index is 3.59. The summed E-state index contributed by atoms with van der Waals surface area (Å²) in [6.07, 6.45) is 5.57. The smallest absolute Gasteiger partial charge is 0.0247 e. The van der Waals surface area contributed by atoms with Crippen molar-refractivity contribution >= 4 is 0 Å². The summed E-state index contributed by atoms with van der Waals surface area (Å²) < 4.78 is 0. The van der Waals surface area contributed by atoms with Gasteiger partial charge in [-0.1, -0.05) is 13.3 Å². The van der Waals surface area contributed by atoms with Gasteiger partial charge in [0.05, 0.1) is 0 Å². The van der Waals surface area contributed by atoms with Crippen LogP contribution in [0.5, 0.6) is 0 Å². The molecule has 2 rings (SSSR count). The molecule has 2 nitrogen and oxygen atoms in total. The Morgan fingerprint density at radius 3 is 2.79 bits per heavy atom. The molecule has 2 atom stereocenters. The second kappa shape index (κ2) is 4.63. The van der Waals surface area contributed by atoms with E-state index in [2.05, 4.69) is 24.1 Å². The third kappa shape index (κ3) is 2.12. The van der Waals surface area contributed by atoms with Crippen LogP contribution in [-0.2, 0) is 0 Å². The van der Waals surface area contributed by atoms with Gasteiger partial charge in [0.1, 0.15) is 0 Å². The molecule has 2 aliphatic heterocycles. The van der Waals surface area contributed by atoms with E-state index in [-0.39, 0.29) is 0 Å². The lowest BCUT2D eigenvalue weighted by Crippen LogP contribution is -2.59. The van der Waals surface area contributed by atoms with Gasteiger partial charge in [0.25, 0.3) is 0 Å². The molecule has 82 valence electrons. The maximum Gasteiger partial charge on any atom is 0.0247 e. The van der Waals surface area contributed by atoms with Gasteiger partial charge in [-0.3, -0.25) is 4.90 Å². The molecule has 14 heavy (non-hydrogen) atoms. The van der Waals surface area contributed by atoms with Crippen LogP contribution in [0.25, 0.3) is 0 Å². The lowest BCUT2D eigenvalue weighted by atomic mass is 9.88. The van der Waals surface area contributed by atoms with Crippen molar-refractivity contribution in [2.24, 2.45) is 5.92 Å². The fourth-order valence-electron chi connectivity index (χ4n) is 3.00. The molecule has 2 aliphatic rings. The van der Waals surface area contributed by atoms with Gasteiger partial charge in [-0.2, -0.15) is 0 Å². The topological polar surface area (TPSA) is 15.3 Å². The van der Waals surface area contributed by atoms with Crippen molar-refractivity contribution in [1.82, 2.24) is 10.2 Å². The summed E-state index contributed by atoms with van der Waals surface area (Å²) in [7, 11) is 0. The van der Waals surface area contributed by atoms with E-state index in [1.807, 2.05) is 0 Å². The van der Waals surface area contributed by atoms with Crippen LogP contribution in [0.1, 0.15) is 39.5 Å². The van der Waals surface area contributed by atoms with E-state index in [0.29, 0.717) is 6.04 Å². The molecule has 2 fully saturated rings. The van der Waals surface area contributed by atoms with Gasteiger partial charge in [0, 0.05) is 25.2 Å². The predicted octanol–water partition coefficient (Wildman–Crippen LogP) is 1.86. The normalized spacial score (nSPS) is 35.6. The first-order valence-corrected chi connectivity index (χ1v) is 6.28. The molecule has 0 spiro atoms. The Morgan fingerprint density at radius 1 is 1.36 bits per heavy atom. The Bertz CT molecular complexity index is 175. The van der Waals surface area contributed by atoms with Crippen molar-refractivity contribution in [2.45, 2.75) is 51.6 Å². The van der Waals surface area contributed by atoms with Crippen molar-refractivity contribution in [2.75, 3.05) is 19.6 Å². The van der Waals surface area contributed by atoms with Gasteiger partial charge in [0.15, 0.2) is 0 Å². The molecule has 0 aromatic rings. The van der Waals surface area contributed by atoms with Crippen molar-refractivity contribution in [3.63, 3.8) is 0 Å². The fraction of sp³-hybridized carbons (Fsp3) is 1.00. The lowest BCUT2D eigenvalue weighted by Gasteiger charge is -2.48. The largest absolute Gasteiger partial charge is 0.313 e. The molecule has 0 aromatic heterocycles. The number of nitrogens with zero attached hydrogens (tertiary/aromatic N) is 1. The Morgan fingerprint density at radius 2 is 2.14 bits per heavy atom. The van der Waals surface area contributed by atoms with Crippen molar-refractivity contribution in [3.05, 3.63) is 0 Å².